The van der Waals surface area contributed by atoms with Gasteiger partial charge in [-0.25, -0.2) is 0 Å². The molecule has 1 aromatic rings. The van der Waals surface area contributed by atoms with Crippen molar-refractivity contribution in [2.45, 2.75) is 24.5 Å². The average molecular weight is 207 g/mol. The van der Waals surface area contributed by atoms with Crippen LogP contribution in [-0.2, 0) is 10.1 Å². The molecule has 1 rings (SSSR count). The van der Waals surface area contributed by atoms with E-state index in [1.165, 1.54) is 0 Å². The van der Waals surface area contributed by atoms with Crippen LogP contribution in [0.3, 0.4) is 0 Å². The topological polar surface area (TPSA) is 54.4 Å². The second kappa shape index (κ2) is 3.47. The monoisotopic (exact) mass is 207 g/mol. The highest BCUT2D eigenvalue weighted by molar-refractivity contribution is 7.85. The molecule has 0 aliphatic carbocycles. The van der Waals surface area contributed by atoms with Gasteiger partial charge in [0.2, 0.25) is 0 Å². The van der Waals surface area contributed by atoms with E-state index in [-0.39, 0.29) is 5.56 Å². The maximum Gasteiger partial charge on any atom is 0.294 e. The van der Waals surface area contributed by atoms with Gasteiger partial charge in [-0.05, 0) is 23.6 Å². The number of hydrogen-bond donors (Lipinski definition) is 1. The first-order valence-corrected chi connectivity index (χ1v) is 4.73. The Balaban J connectivity index is 3.47. The van der Waals surface area contributed by atoms with E-state index >= 15 is 0 Å². The molecule has 0 fully saturated rings. The third-order valence-electron chi connectivity index (χ3n) is 1.44. The molecule has 72 valence electrons. The van der Waals surface area contributed by atoms with Crippen molar-refractivity contribution >= 4 is 10.1 Å². The highest BCUT2D eigenvalue weighted by Gasteiger charge is 2.08. The minimum atomic E-state index is -4.48. The van der Waals surface area contributed by atoms with E-state index in [9.17, 15) is 8.42 Å². The Morgan fingerprint density at radius 1 is 1.38 bits per heavy atom. The summed E-state index contributed by atoms with van der Waals surface area (Å²) in [6.07, 6.45) is 0. The van der Waals surface area contributed by atoms with Crippen molar-refractivity contribution in [2.24, 2.45) is 0 Å². The van der Waals surface area contributed by atoms with E-state index in [2.05, 4.69) is 0 Å². The SMILES string of the molecule is [2H]C([2H])([2H])C([2H])(c1ccc(S(=O)(=O)O)cc1)C([2H])([2H])[2H]. The molecule has 0 aliphatic rings. The molecule has 0 spiro atoms. The van der Waals surface area contributed by atoms with Gasteiger partial charge >= 0.3 is 0 Å². The van der Waals surface area contributed by atoms with Crippen LogP contribution in [0.2, 0.25) is 0 Å². The normalized spacial score (nSPS) is 22.7. The van der Waals surface area contributed by atoms with E-state index in [0.717, 1.165) is 24.3 Å². The van der Waals surface area contributed by atoms with Crippen LogP contribution in [0.4, 0.5) is 0 Å². The minimum Gasteiger partial charge on any atom is -0.282 e. The third kappa shape index (κ3) is 2.54. The molecule has 0 atom stereocenters. The van der Waals surface area contributed by atoms with Gasteiger partial charge in [-0.3, -0.25) is 4.55 Å². The Morgan fingerprint density at radius 3 is 2.31 bits per heavy atom. The van der Waals surface area contributed by atoms with Crippen molar-refractivity contribution in [3.05, 3.63) is 29.8 Å². The van der Waals surface area contributed by atoms with E-state index in [1.54, 1.807) is 0 Å². The van der Waals surface area contributed by atoms with Crippen LogP contribution >= 0.6 is 0 Å². The lowest BCUT2D eigenvalue weighted by atomic mass is 10.0. The standard InChI is InChI=1S/C9H12O3S/c1-7(2)8-3-5-9(6-4-8)13(10,11)12/h3-7H,1-2H3,(H,10,11,12)/i1D3,2D3,7D. The lowest BCUT2D eigenvalue weighted by Crippen LogP contribution is -1.98. The van der Waals surface area contributed by atoms with Crippen molar-refractivity contribution in [1.82, 2.24) is 0 Å². The van der Waals surface area contributed by atoms with Gasteiger partial charge in [0.25, 0.3) is 10.1 Å². The molecule has 0 heterocycles. The van der Waals surface area contributed by atoms with Gasteiger partial charge < -0.3 is 0 Å². The maximum atomic E-state index is 10.9. The zero-order valence-electron chi connectivity index (χ0n) is 13.5. The van der Waals surface area contributed by atoms with E-state index in [4.69, 9.17) is 14.1 Å². The molecule has 13 heavy (non-hydrogen) atoms. The first-order chi connectivity index (χ1) is 8.71. The van der Waals surface area contributed by atoms with Gasteiger partial charge in [-0.1, -0.05) is 25.8 Å². The molecular weight excluding hydrogens is 188 g/mol. The summed E-state index contributed by atoms with van der Waals surface area (Å²) in [5.74, 6) is -2.89. The zero-order chi connectivity index (χ0) is 16.0. The van der Waals surface area contributed by atoms with Crippen molar-refractivity contribution in [1.29, 1.82) is 0 Å². The fraction of sp³-hybridized carbons (Fsp3) is 0.333. The summed E-state index contributed by atoms with van der Waals surface area (Å²) >= 11 is 0. The zero-order valence-corrected chi connectivity index (χ0v) is 7.30. The first kappa shape index (κ1) is 4.11. The molecule has 4 heteroatoms. The van der Waals surface area contributed by atoms with Crippen LogP contribution < -0.4 is 0 Å². The summed E-state index contributed by atoms with van der Waals surface area (Å²) in [5.41, 5.74) is -0.384. The van der Waals surface area contributed by atoms with Gasteiger partial charge in [-0.2, -0.15) is 8.42 Å². The summed E-state index contributed by atoms with van der Waals surface area (Å²) < 4.78 is 82.0. The third-order valence-corrected chi connectivity index (χ3v) is 2.31. The fourth-order valence-corrected chi connectivity index (χ4v) is 1.27. The highest BCUT2D eigenvalue weighted by atomic mass is 32.2. The molecule has 0 saturated carbocycles. The second-order valence-corrected chi connectivity index (χ2v) is 3.80. The quantitative estimate of drug-likeness (QED) is 0.755. The van der Waals surface area contributed by atoms with E-state index in [0.29, 0.717) is 0 Å². The molecule has 0 saturated heterocycles. The summed E-state index contributed by atoms with van der Waals surface area (Å²) in [7, 11) is -4.48. The van der Waals surface area contributed by atoms with Crippen molar-refractivity contribution < 1.29 is 22.6 Å². The van der Waals surface area contributed by atoms with Crippen LogP contribution in [0.5, 0.6) is 0 Å². The van der Waals surface area contributed by atoms with Crippen molar-refractivity contribution in [3.8, 4) is 0 Å². The van der Waals surface area contributed by atoms with Crippen molar-refractivity contribution in [2.75, 3.05) is 0 Å². The molecule has 0 aliphatic heterocycles. The molecule has 0 radical (unpaired) electrons. The van der Waals surface area contributed by atoms with Crippen molar-refractivity contribution in [3.63, 3.8) is 0 Å². The van der Waals surface area contributed by atoms with Crippen LogP contribution in [0, 0.1) is 0 Å². The Kier molecular flexibility index (Phi) is 1.10. The number of benzene rings is 1. The second-order valence-electron chi connectivity index (χ2n) is 2.37. The molecule has 0 bridgehead atoms. The summed E-state index contributed by atoms with van der Waals surface area (Å²) in [5, 5.41) is 0. The minimum absolute atomic E-state index is 0.384. The number of hydrogen-bond acceptors (Lipinski definition) is 2. The molecule has 1 N–H and O–H groups in total. The molecule has 0 amide bonds. The Morgan fingerprint density at radius 2 is 1.92 bits per heavy atom. The molecule has 0 aromatic heterocycles. The smallest absolute Gasteiger partial charge is 0.282 e. The Bertz CT molecular complexity index is 571. The fourth-order valence-electron chi connectivity index (χ4n) is 0.794. The van der Waals surface area contributed by atoms with E-state index < -0.39 is 34.6 Å². The lowest BCUT2D eigenvalue weighted by molar-refractivity contribution is 0.483. The molecule has 3 nitrogen and oxygen atoms in total. The molecule has 1 aromatic carbocycles. The predicted octanol–water partition coefficient (Wildman–Crippen LogP) is 2.06. The number of rotatable bonds is 2. The summed E-state index contributed by atoms with van der Waals surface area (Å²) in [4.78, 5) is -0.514. The van der Waals surface area contributed by atoms with Gasteiger partial charge in [0, 0.05) is 9.60 Å². The average Bonchev–Trinajstić information content (AvgIpc) is 2.24. The lowest BCUT2D eigenvalue weighted by Gasteiger charge is -2.04. The van der Waals surface area contributed by atoms with Crippen LogP contribution in [0.1, 0.15) is 34.8 Å². The highest BCUT2D eigenvalue weighted by Crippen LogP contribution is 2.16. The maximum absolute atomic E-state index is 10.9. The molecular formula is C9H12O3S. The van der Waals surface area contributed by atoms with Gasteiger partial charge in [0.1, 0.15) is 0 Å². The van der Waals surface area contributed by atoms with Gasteiger partial charge in [0.05, 0.1) is 4.90 Å². The predicted molar refractivity (Wildman–Crippen MR) is 50.3 cm³/mol. The van der Waals surface area contributed by atoms with Gasteiger partial charge in [-0.15, -0.1) is 0 Å². The summed E-state index contributed by atoms with van der Waals surface area (Å²) in [6.45, 7) is -6.28. The van der Waals surface area contributed by atoms with Crippen LogP contribution in [0.25, 0.3) is 0 Å². The van der Waals surface area contributed by atoms with Gasteiger partial charge in [0.15, 0.2) is 0 Å². The summed E-state index contributed by atoms with van der Waals surface area (Å²) in [6, 6.07) is 3.50. The van der Waals surface area contributed by atoms with Crippen LogP contribution in [-0.4, -0.2) is 13.0 Å². The first-order valence-electron chi connectivity index (χ1n) is 6.79. The van der Waals surface area contributed by atoms with E-state index in [1.807, 2.05) is 0 Å². The Labute approximate surface area is 88.0 Å². The Hall–Kier alpha value is -0.870. The molecule has 0 unspecified atom stereocenters. The largest absolute Gasteiger partial charge is 0.294 e. The van der Waals surface area contributed by atoms with Crippen LogP contribution in [0.15, 0.2) is 29.2 Å².